The van der Waals surface area contributed by atoms with Crippen molar-refractivity contribution in [3.05, 3.63) is 12.7 Å². The van der Waals surface area contributed by atoms with Crippen LogP contribution in [0.25, 0.3) is 11.2 Å². The number of aliphatic hydroxyl groups is 1. The molecule has 8 nitrogen and oxygen atoms in total. The summed E-state index contributed by atoms with van der Waals surface area (Å²) in [5.74, 6) is -0.176. The van der Waals surface area contributed by atoms with Crippen molar-refractivity contribution in [2.24, 2.45) is 0 Å². The van der Waals surface area contributed by atoms with Crippen molar-refractivity contribution in [3.8, 4) is 5.88 Å². The van der Waals surface area contributed by atoms with Crippen LogP contribution in [-0.4, -0.2) is 62.9 Å². The lowest BCUT2D eigenvalue weighted by atomic mass is 10.1. The third kappa shape index (κ3) is 3.17. The first-order valence-corrected chi connectivity index (χ1v) is 11.4. The fourth-order valence-corrected chi connectivity index (χ4v) is 5.47. The van der Waals surface area contributed by atoms with Gasteiger partial charge in [-0.2, -0.15) is 4.98 Å². The van der Waals surface area contributed by atoms with Gasteiger partial charge in [0.2, 0.25) is 5.88 Å². The molecule has 0 aliphatic carbocycles. The van der Waals surface area contributed by atoms with Crippen LogP contribution in [0.5, 0.6) is 5.88 Å². The van der Waals surface area contributed by atoms with Crippen LogP contribution in [0.4, 0.5) is 0 Å². The smallest absolute Gasteiger partial charge is 0.242 e. The molecular formula is C16H26N4O4Si. The Bertz CT molecular complexity index is 760. The van der Waals surface area contributed by atoms with Crippen LogP contribution in [0.2, 0.25) is 13.1 Å². The largest absolute Gasteiger partial charge is 0.492 e. The molecule has 3 rings (SSSR count). The van der Waals surface area contributed by atoms with Gasteiger partial charge >= 0.3 is 0 Å². The molecule has 0 spiro atoms. The van der Waals surface area contributed by atoms with E-state index in [1.54, 1.807) is 10.9 Å². The number of fused-ring (bicyclic) bond motifs is 1. The van der Waals surface area contributed by atoms with E-state index in [0.29, 0.717) is 24.2 Å². The second kappa shape index (κ2) is 6.31. The maximum Gasteiger partial charge on any atom is 0.242 e. The molecule has 1 aliphatic heterocycles. The van der Waals surface area contributed by atoms with Crippen molar-refractivity contribution < 1.29 is 19.7 Å². The molecule has 0 amide bonds. The van der Waals surface area contributed by atoms with Crippen LogP contribution in [0.3, 0.4) is 0 Å². The molecule has 1 saturated heterocycles. The zero-order chi connectivity index (χ0) is 18.4. The maximum absolute atomic E-state index is 10.9. The van der Waals surface area contributed by atoms with E-state index in [4.69, 9.17) is 9.47 Å². The van der Waals surface area contributed by atoms with E-state index in [2.05, 4.69) is 28.0 Å². The Hall–Kier alpha value is -1.55. The Labute approximate surface area is 148 Å². The summed E-state index contributed by atoms with van der Waals surface area (Å²) >= 11 is 0. The number of nitrogens with zero attached hydrogens (tertiary/aromatic N) is 4. The second-order valence-electron chi connectivity index (χ2n) is 7.81. The average molecular weight is 366 g/mol. The second-order valence-corrected chi connectivity index (χ2v) is 10.9. The number of imidazole rings is 1. The summed E-state index contributed by atoms with van der Waals surface area (Å²) in [5, 5.41) is 19.9. The van der Waals surface area contributed by atoms with Crippen LogP contribution >= 0.6 is 0 Å². The van der Waals surface area contributed by atoms with Gasteiger partial charge in [-0.3, -0.25) is 4.57 Å². The first-order valence-electron chi connectivity index (χ1n) is 8.52. The molecule has 0 saturated carbocycles. The first kappa shape index (κ1) is 18.2. The number of ether oxygens (including phenoxy) is 2. The van der Waals surface area contributed by atoms with E-state index >= 15 is 0 Å². The van der Waals surface area contributed by atoms with Gasteiger partial charge in [-0.15, -0.1) is 0 Å². The van der Waals surface area contributed by atoms with Gasteiger partial charge in [0.15, 0.2) is 16.5 Å². The van der Waals surface area contributed by atoms with E-state index < -0.39 is 20.2 Å². The van der Waals surface area contributed by atoms with E-state index in [1.165, 1.54) is 6.33 Å². The van der Waals surface area contributed by atoms with E-state index in [0.717, 1.165) is 0 Å². The summed E-state index contributed by atoms with van der Waals surface area (Å²) in [6.07, 6.45) is 2.44. The number of aromatic nitrogens is 4. The molecule has 9 heteroatoms. The lowest BCUT2D eigenvalue weighted by Gasteiger charge is -2.37. The fourth-order valence-electron chi connectivity index (χ4n) is 3.35. The van der Waals surface area contributed by atoms with Crippen LogP contribution in [-0.2, 0) is 14.8 Å². The van der Waals surface area contributed by atoms with Crippen molar-refractivity contribution in [1.29, 1.82) is 0 Å². The molecule has 1 aliphatic rings. The van der Waals surface area contributed by atoms with Crippen LogP contribution in [0.1, 0.15) is 27.2 Å². The van der Waals surface area contributed by atoms with Gasteiger partial charge in [0, 0.05) is 6.42 Å². The summed E-state index contributed by atoms with van der Waals surface area (Å²) in [4.78, 5) is 12.2. The van der Waals surface area contributed by atoms with Crippen LogP contribution < -0.4 is 0 Å². The van der Waals surface area contributed by atoms with Crippen molar-refractivity contribution in [1.82, 2.24) is 19.5 Å². The van der Waals surface area contributed by atoms with Gasteiger partial charge in [0.1, 0.15) is 12.4 Å². The van der Waals surface area contributed by atoms with E-state index in [9.17, 15) is 10.2 Å². The summed E-state index contributed by atoms with van der Waals surface area (Å²) in [6, 6.07) is 0. The third-order valence-electron chi connectivity index (χ3n) is 4.54. The van der Waals surface area contributed by atoms with Gasteiger partial charge in [0.05, 0.1) is 33.4 Å². The number of rotatable bonds is 4. The fraction of sp³-hybridized carbons (Fsp3) is 0.688. The van der Waals surface area contributed by atoms with E-state index in [-0.39, 0.29) is 17.6 Å². The number of hydrogen-bond donors (Lipinski definition) is 2. The summed E-state index contributed by atoms with van der Waals surface area (Å²) in [6.45, 7) is 10.6. The Balaban J connectivity index is 1.98. The Morgan fingerprint density at radius 2 is 2.08 bits per heavy atom. The monoisotopic (exact) mass is 366 g/mol. The summed E-state index contributed by atoms with van der Waals surface area (Å²) in [7, 11) is -1.58. The maximum atomic E-state index is 10.9. The lowest BCUT2D eigenvalue weighted by Crippen LogP contribution is -2.52. The van der Waals surface area contributed by atoms with Crippen molar-refractivity contribution in [3.63, 3.8) is 0 Å². The number of aromatic hydroxyl groups is 1. The predicted molar refractivity (Wildman–Crippen MR) is 95.0 cm³/mol. The average Bonchev–Trinajstić information content (AvgIpc) is 3.07. The highest BCUT2D eigenvalue weighted by molar-refractivity contribution is 6.58. The standard InChI is InChI=1S/C16H26N4O4Si/c1-15(2,3)23-7-10-6-11(21)16(24-10,25(4)5)20-9-19-12-13(20)17-8-18-14(12)22/h8-11,21,25H,6-7H2,1-5H3,(H,17,18,22)/t10-,11+,16-/m0/s1. The Morgan fingerprint density at radius 3 is 2.72 bits per heavy atom. The molecule has 1 fully saturated rings. The molecule has 0 bridgehead atoms. The summed E-state index contributed by atoms with van der Waals surface area (Å²) < 4.78 is 14.0. The highest BCUT2D eigenvalue weighted by Crippen LogP contribution is 2.40. The van der Waals surface area contributed by atoms with Crippen molar-refractivity contribution in [2.75, 3.05) is 6.61 Å². The Kier molecular flexibility index (Phi) is 4.61. The molecule has 0 unspecified atom stereocenters. The van der Waals surface area contributed by atoms with Gasteiger partial charge in [-0.05, 0) is 20.8 Å². The van der Waals surface area contributed by atoms with Gasteiger partial charge in [0.25, 0.3) is 0 Å². The zero-order valence-corrected chi connectivity index (χ0v) is 16.5. The first-order chi connectivity index (χ1) is 11.6. The van der Waals surface area contributed by atoms with Crippen molar-refractivity contribution >= 4 is 20.0 Å². The highest BCUT2D eigenvalue weighted by atomic mass is 28.3. The predicted octanol–water partition coefficient (Wildman–Crippen LogP) is 1.18. The minimum atomic E-state index is -1.58. The molecule has 3 atom stereocenters. The number of aliphatic hydroxyl groups excluding tert-OH is 1. The molecule has 0 aromatic carbocycles. The van der Waals surface area contributed by atoms with Crippen LogP contribution in [0, 0.1) is 0 Å². The molecule has 2 aromatic rings. The minimum absolute atomic E-state index is 0.176. The van der Waals surface area contributed by atoms with E-state index in [1.807, 2.05) is 20.8 Å². The minimum Gasteiger partial charge on any atom is -0.492 e. The van der Waals surface area contributed by atoms with Gasteiger partial charge < -0.3 is 19.7 Å². The molecule has 0 radical (unpaired) electrons. The number of hydrogen-bond acceptors (Lipinski definition) is 7. The molecule has 138 valence electrons. The quantitative estimate of drug-likeness (QED) is 0.783. The van der Waals surface area contributed by atoms with Gasteiger partial charge in [-0.25, -0.2) is 9.97 Å². The van der Waals surface area contributed by atoms with Crippen molar-refractivity contribution in [2.45, 2.75) is 63.4 Å². The van der Waals surface area contributed by atoms with Gasteiger partial charge in [-0.1, -0.05) is 13.1 Å². The normalized spacial score (nSPS) is 27.5. The highest BCUT2D eigenvalue weighted by Gasteiger charge is 2.53. The third-order valence-corrected chi connectivity index (χ3v) is 6.99. The SMILES string of the molecule is C[SiH](C)[C@@]1(n2cnc3c(O)ncnc32)O[C@H](COC(C)(C)C)C[C@H]1O. The molecule has 2 N–H and O–H groups in total. The lowest BCUT2D eigenvalue weighted by molar-refractivity contribution is -0.115. The zero-order valence-electron chi connectivity index (χ0n) is 15.3. The summed E-state index contributed by atoms with van der Waals surface area (Å²) in [5.41, 5.74) is 0.502. The molecular weight excluding hydrogens is 340 g/mol. The Morgan fingerprint density at radius 1 is 1.36 bits per heavy atom. The molecule has 25 heavy (non-hydrogen) atoms. The molecule has 2 aromatic heterocycles. The molecule has 3 heterocycles. The van der Waals surface area contributed by atoms with Crippen LogP contribution in [0.15, 0.2) is 12.7 Å². The topological polar surface area (TPSA) is 103 Å².